The molecule has 3 rings (SSSR count). The summed E-state index contributed by atoms with van der Waals surface area (Å²) in [4.78, 5) is 17.0. The van der Waals surface area contributed by atoms with E-state index in [9.17, 15) is 22.0 Å². The summed E-state index contributed by atoms with van der Waals surface area (Å²) in [6.07, 6.45) is 0.143. The Hall–Kier alpha value is -1.87. The van der Waals surface area contributed by atoms with E-state index in [0.29, 0.717) is 10.7 Å². The molecular weight excluding hydrogens is 394 g/mol. The van der Waals surface area contributed by atoms with E-state index in [1.807, 2.05) is 0 Å². The number of thiazole rings is 1. The predicted molar refractivity (Wildman–Crippen MR) is 100 cm³/mol. The van der Waals surface area contributed by atoms with Crippen LogP contribution in [0.4, 0.5) is 13.9 Å². The predicted octanol–water partition coefficient (Wildman–Crippen LogP) is 3.75. The van der Waals surface area contributed by atoms with Crippen molar-refractivity contribution in [2.45, 2.75) is 42.4 Å². The molecule has 3 atom stereocenters. The van der Waals surface area contributed by atoms with Crippen LogP contribution in [0.15, 0.2) is 40.7 Å². The van der Waals surface area contributed by atoms with E-state index in [1.165, 1.54) is 23.5 Å². The highest BCUT2D eigenvalue weighted by molar-refractivity contribution is 7.90. The second-order valence-corrected chi connectivity index (χ2v) is 9.74. The van der Waals surface area contributed by atoms with Crippen molar-refractivity contribution in [1.82, 2.24) is 4.98 Å². The lowest BCUT2D eigenvalue weighted by molar-refractivity contribution is -0.118. The molecule has 1 amide bonds. The van der Waals surface area contributed by atoms with Gasteiger partial charge in [0.2, 0.25) is 5.91 Å². The van der Waals surface area contributed by atoms with Crippen LogP contribution >= 0.6 is 11.3 Å². The molecule has 0 bridgehead atoms. The Morgan fingerprint density at radius 1 is 1.26 bits per heavy atom. The number of aromatic nitrogens is 1. The fourth-order valence-corrected chi connectivity index (χ4v) is 4.54. The molecule has 27 heavy (non-hydrogen) atoms. The summed E-state index contributed by atoms with van der Waals surface area (Å²) in [5, 5.41) is 4.89. The molecule has 0 radical (unpaired) electrons. The number of anilines is 1. The lowest BCUT2D eigenvalue weighted by atomic mass is 9.87. The van der Waals surface area contributed by atoms with Gasteiger partial charge in [-0.05, 0) is 42.9 Å². The zero-order valence-electron chi connectivity index (χ0n) is 14.6. The maximum absolute atomic E-state index is 13.6. The summed E-state index contributed by atoms with van der Waals surface area (Å²) in [5.74, 6) is -1.23. The van der Waals surface area contributed by atoms with Crippen LogP contribution in [0.1, 0.15) is 30.7 Å². The van der Waals surface area contributed by atoms with Gasteiger partial charge < -0.3 is 5.32 Å². The van der Waals surface area contributed by atoms with Crippen molar-refractivity contribution in [1.29, 1.82) is 0 Å². The van der Waals surface area contributed by atoms with Crippen molar-refractivity contribution < 1.29 is 22.0 Å². The molecule has 1 fully saturated rings. The van der Waals surface area contributed by atoms with Crippen molar-refractivity contribution in [3.8, 4) is 0 Å². The number of nitrogens with zero attached hydrogens (tertiary/aromatic N) is 1. The Labute approximate surface area is 160 Å². The van der Waals surface area contributed by atoms with E-state index < -0.39 is 28.1 Å². The molecule has 0 spiro atoms. The van der Waals surface area contributed by atoms with Gasteiger partial charge >= 0.3 is 0 Å². The number of hydrogen-bond acceptors (Lipinski definition) is 5. The van der Waals surface area contributed by atoms with Crippen molar-refractivity contribution in [2.24, 2.45) is 5.92 Å². The Bertz CT molecular complexity index is 876. The number of nitrogens with one attached hydrogen (secondary N) is 1. The number of benzene rings is 1. The van der Waals surface area contributed by atoms with Gasteiger partial charge in [-0.1, -0.05) is 12.1 Å². The third-order valence-electron chi connectivity index (χ3n) is 4.77. The minimum Gasteiger partial charge on any atom is -0.301 e. The summed E-state index contributed by atoms with van der Waals surface area (Å²) >= 11 is 1.27. The quantitative estimate of drug-likeness (QED) is 0.781. The van der Waals surface area contributed by atoms with Gasteiger partial charge in [-0.2, -0.15) is 0 Å². The normalized spacial score (nSPS) is 21.9. The second-order valence-electron chi connectivity index (χ2n) is 6.83. The lowest BCUT2D eigenvalue weighted by Crippen LogP contribution is -2.23. The van der Waals surface area contributed by atoms with Crippen LogP contribution in [0.3, 0.4) is 0 Å². The van der Waals surface area contributed by atoms with Crippen LogP contribution in [0.25, 0.3) is 0 Å². The number of rotatable bonds is 6. The summed E-state index contributed by atoms with van der Waals surface area (Å²) in [6.45, 7) is 0. The molecule has 1 aliphatic rings. The highest BCUT2D eigenvalue weighted by Crippen LogP contribution is 2.38. The molecule has 1 saturated carbocycles. The zero-order valence-corrected chi connectivity index (χ0v) is 16.3. The number of sulfone groups is 1. The van der Waals surface area contributed by atoms with E-state index in [2.05, 4.69) is 10.3 Å². The number of halogens is 2. The maximum Gasteiger partial charge on any atom is 0.233 e. The fraction of sp³-hybridized carbons (Fsp3) is 0.444. The van der Waals surface area contributed by atoms with Gasteiger partial charge in [-0.3, -0.25) is 4.79 Å². The van der Waals surface area contributed by atoms with Gasteiger partial charge in [0.25, 0.3) is 0 Å². The summed E-state index contributed by atoms with van der Waals surface area (Å²) < 4.78 is 50.4. The van der Waals surface area contributed by atoms with Crippen molar-refractivity contribution in [2.75, 3.05) is 11.6 Å². The lowest BCUT2D eigenvalue weighted by Gasteiger charge is -2.20. The second kappa shape index (κ2) is 8.02. The molecule has 1 aromatic carbocycles. The van der Waals surface area contributed by atoms with Crippen LogP contribution in [0, 0.1) is 5.92 Å². The fourth-order valence-electron chi connectivity index (χ4n) is 3.37. The minimum absolute atomic E-state index is 0.0869. The largest absolute Gasteiger partial charge is 0.301 e. The van der Waals surface area contributed by atoms with E-state index >= 15 is 0 Å². The number of carbonyl (C=O) groups is 1. The van der Waals surface area contributed by atoms with Gasteiger partial charge in [0.1, 0.15) is 12.3 Å². The molecule has 2 aromatic rings. The molecule has 5 nitrogen and oxygen atoms in total. The SMILES string of the molecule is CS(=O)(=O)c1ccc(C(CC2C[C@@H](F)[C@H](F)C2)C(=O)Nc2nccs2)cc1. The standard InChI is InChI=1S/C18H20F2N2O3S2/c1-27(24,25)13-4-2-12(3-5-13)14(8-11-9-15(19)16(20)10-11)17(23)22-18-21-6-7-26-18/h2-7,11,14-16H,8-10H2,1H3,(H,21,22,23)/t14?,15-,16-/m1/s1. The van der Waals surface area contributed by atoms with Gasteiger partial charge in [0, 0.05) is 17.8 Å². The molecule has 0 aliphatic heterocycles. The molecule has 1 N–H and O–H groups in total. The molecule has 1 unspecified atom stereocenters. The Morgan fingerprint density at radius 3 is 2.41 bits per heavy atom. The molecule has 1 aromatic heterocycles. The molecule has 146 valence electrons. The Morgan fingerprint density at radius 2 is 1.89 bits per heavy atom. The topological polar surface area (TPSA) is 76.1 Å². The first-order valence-corrected chi connectivity index (χ1v) is 11.3. The first kappa shape index (κ1) is 19.9. The summed E-state index contributed by atoms with van der Waals surface area (Å²) in [6, 6.07) is 6.05. The highest BCUT2D eigenvalue weighted by atomic mass is 32.2. The van der Waals surface area contributed by atoms with E-state index in [1.54, 1.807) is 23.7 Å². The molecule has 1 heterocycles. The Balaban J connectivity index is 1.83. The first-order valence-electron chi connectivity index (χ1n) is 8.52. The summed E-state index contributed by atoms with van der Waals surface area (Å²) in [7, 11) is -3.35. The first-order chi connectivity index (χ1) is 12.7. The van der Waals surface area contributed by atoms with Crippen molar-refractivity contribution in [3.05, 3.63) is 41.4 Å². The zero-order chi connectivity index (χ0) is 19.6. The molecule has 1 aliphatic carbocycles. The average Bonchev–Trinajstić information content (AvgIpc) is 3.22. The number of amides is 1. The molecule has 0 saturated heterocycles. The number of hydrogen-bond donors (Lipinski definition) is 1. The molecular formula is C18H20F2N2O3S2. The van der Waals surface area contributed by atoms with Crippen LogP contribution in [-0.4, -0.2) is 37.9 Å². The van der Waals surface area contributed by atoms with E-state index in [0.717, 1.165) is 6.26 Å². The van der Waals surface area contributed by atoms with Crippen LogP contribution < -0.4 is 5.32 Å². The average molecular weight is 414 g/mol. The van der Waals surface area contributed by atoms with Gasteiger partial charge in [0.15, 0.2) is 15.0 Å². The van der Waals surface area contributed by atoms with Crippen LogP contribution in [0.2, 0.25) is 0 Å². The minimum atomic E-state index is -3.35. The maximum atomic E-state index is 13.6. The molecule has 9 heteroatoms. The van der Waals surface area contributed by atoms with Crippen LogP contribution in [0.5, 0.6) is 0 Å². The van der Waals surface area contributed by atoms with Crippen molar-refractivity contribution in [3.63, 3.8) is 0 Å². The van der Waals surface area contributed by atoms with E-state index in [-0.39, 0.29) is 36.0 Å². The highest BCUT2D eigenvalue weighted by Gasteiger charge is 2.37. The number of carbonyl (C=O) groups excluding carboxylic acids is 1. The third-order valence-corrected chi connectivity index (χ3v) is 6.59. The van der Waals surface area contributed by atoms with Gasteiger partial charge in [0.05, 0.1) is 10.8 Å². The van der Waals surface area contributed by atoms with Crippen molar-refractivity contribution >= 4 is 32.2 Å². The summed E-state index contributed by atoms with van der Waals surface area (Å²) in [5.41, 5.74) is 0.606. The number of alkyl halides is 2. The monoisotopic (exact) mass is 414 g/mol. The van der Waals surface area contributed by atoms with Crippen LogP contribution in [-0.2, 0) is 14.6 Å². The van der Waals surface area contributed by atoms with Gasteiger partial charge in [-0.25, -0.2) is 22.2 Å². The smallest absolute Gasteiger partial charge is 0.233 e. The Kier molecular flexibility index (Phi) is 5.90. The van der Waals surface area contributed by atoms with Gasteiger partial charge in [-0.15, -0.1) is 11.3 Å². The van der Waals surface area contributed by atoms with E-state index in [4.69, 9.17) is 0 Å². The third kappa shape index (κ3) is 4.90.